The van der Waals surface area contributed by atoms with Gasteiger partial charge in [0.25, 0.3) is 0 Å². The molecule has 0 bridgehead atoms. The number of nitrogens with two attached hydrogens (primary N) is 1. The number of rotatable bonds is 7. The second kappa shape index (κ2) is 8.22. The number of fused-ring (bicyclic) bond motifs is 2. The van der Waals surface area contributed by atoms with E-state index >= 15 is 0 Å². The third-order valence-corrected chi connectivity index (χ3v) is 4.83. The van der Waals surface area contributed by atoms with Crippen molar-refractivity contribution in [2.45, 2.75) is 33.2 Å². The van der Waals surface area contributed by atoms with Gasteiger partial charge in [0.05, 0.1) is 17.5 Å². The third-order valence-electron chi connectivity index (χ3n) is 4.83. The fourth-order valence-corrected chi connectivity index (χ4v) is 3.34. The summed E-state index contributed by atoms with van der Waals surface area (Å²) >= 11 is 0. The maximum absolute atomic E-state index is 10.7. The lowest BCUT2D eigenvalue weighted by molar-refractivity contribution is -0.138. The molecule has 0 amide bonds. The van der Waals surface area contributed by atoms with E-state index in [2.05, 4.69) is 41.8 Å². The molecule has 142 valence electrons. The number of aliphatic carboxylic acids is 1. The van der Waals surface area contributed by atoms with Crippen LogP contribution in [-0.4, -0.2) is 28.8 Å². The molecule has 0 aliphatic heterocycles. The number of benzene rings is 2. The minimum absolute atomic E-state index is 0.0397. The Morgan fingerprint density at radius 2 is 1.96 bits per heavy atom. The molecular formula is C21H25N3O3. The minimum atomic E-state index is -0.904. The van der Waals surface area contributed by atoms with Gasteiger partial charge in [0.2, 0.25) is 0 Å². The van der Waals surface area contributed by atoms with Crippen LogP contribution in [0.5, 0.6) is 0 Å². The maximum Gasteiger partial charge on any atom is 0.306 e. The molecule has 3 aromatic rings. The van der Waals surface area contributed by atoms with Crippen LogP contribution in [0.1, 0.15) is 24.0 Å². The Morgan fingerprint density at radius 1 is 1.19 bits per heavy atom. The number of carbonyl (C=O) groups is 1. The first-order valence-corrected chi connectivity index (χ1v) is 9.14. The average molecular weight is 367 g/mol. The van der Waals surface area contributed by atoms with Crippen molar-refractivity contribution in [3.05, 3.63) is 52.9 Å². The van der Waals surface area contributed by atoms with Gasteiger partial charge in [-0.2, -0.15) is 0 Å². The van der Waals surface area contributed by atoms with Crippen molar-refractivity contribution in [3.63, 3.8) is 0 Å². The van der Waals surface area contributed by atoms with Gasteiger partial charge in [-0.1, -0.05) is 35.5 Å². The monoisotopic (exact) mass is 367 g/mol. The van der Waals surface area contributed by atoms with Gasteiger partial charge in [-0.15, -0.1) is 0 Å². The lowest BCUT2D eigenvalue weighted by Gasteiger charge is -2.18. The average Bonchev–Trinajstić information content (AvgIpc) is 2.66. The molecule has 0 aliphatic carbocycles. The molecule has 6 heteroatoms. The molecular weight excluding hydrogens is 342 g/mol. The van der Waals surface area contributed by atoms with Crippen LogP contribution in [-0.2, 0) is 16.2 Å². The summed E-state index contributed by atoms with van der Waals surface area (Å²) in [5, 5.41) is 15.8. The van der Waals surface area contributed by atoms with Crippen molar-refractivity contribution in [2.75, 3.05) is 13.2 Å². The number of hydrogen-bond acceptors (Lipinski definition) is 4. The molecule has 0 saturated heterocycles. The first-order chi connectivity index (χ1) is 13.0. The Hall–Kier alpha value is -2.86. The molecule has 2 aromatic carbocycles. The van der Waals surface area contributed by atoms with Crippen molar-refractivity contribution in [1.29, 1.82) is 0 Å². The molecule has 1 aromatic heterocycles. The molecule has 0 aliphatic rings. The lowest BCUT2D eigenvalue weighted by atomic mass is 10.0. The number of para-hydroxylation sites is 1. The molecule has 27 heavy (non-hydrogen) atoms. The summed E-state index contributed by atoms with van der Waals surface area (Å²) in [6.45, 7) is 5.69. The summed E-state index contributed by atoms with van der Waals surface area (Å²) in [5.74, 6) is -0.904. The van der Waals surface area contributed by atoms with E-state index in [1.54, 1.807) is 0 Å². The van der Waals surface area contributed by atoms with E-state index in [1.165, 1.54) is 11.1 Å². The van der Waals surface area contributed by atoms with E-state index in [-0.39, 0.29) is 13.0 Å². The quantitative estimate of drug-likeness (QED) is 0.381. The highest BCUT2D eigenvalue weighted by molar-refractivity contribution is 5.95. The summed E-state index contributed by atoms with van der Waals surface area (Å²) in [6.07, 6.45) is 0.795. The summed E-state index contributed by atoms with van der Waals surface area (Å²) in [5.41, 5.74) is 10.3. The number of carboxylic acids is 1. The van der Waals surface area contributed by atoms with Crippen LogP contribution < -0.4 is 11.1 Å². The first-order valence-electron chi connectivity index (χ1n) is 9.14. The van der Waals surface area contributed by atoms with Crippen LogP contribution in [0.2, 0.25) is 0 Å². The Bertz CT molecular complexity index is 1050. The van der Waals surface area contributed by atoms with Gasteiger partial charge in [-0.25, -0.2) is 0 Å². The smallest absolute Gasteiger partial charge is 0.306 e. The Balaban J connectivity index is 2.32. The van der Waals surface area contributed by atoms with Crippen molar-refractivity contribution in [3.8, 4) is 0 Å². The predicted molar refractivity (Wildman–Crippen MR) is 106 cm³/mol. The number of pyridine rings is 1. The van der Waals surface area contributed by atoms with Gasteiger partial charge in [-0.3, -0.25) is 4.79 Å². The standard InChI is InChI=1S/C21H25N3O3/c1-14-8-9-17-20(23-27-13-10-19(25)26)16-6-3-4-7-18(16)24(12-5-11-22)21(17)15(14)2/h3-4,6-9H,5,10-13,22H2,1-2H3,(H,25,26). The molecule has 3 N–H and O–H groups in total. The normalized spacial score (nSPS) is 12.0. The lowest BCUT2D eigenvalue weighted by Crippen LogP contribution is -2.16. The van der Waals surface area contributed by atoms with Crippen molar-refractivity contribution >= 4 is 27.8 Å². The largest absolute Gasteiger partial charge is 0.481 e. The zero-order valence-corrected chi connectivity index (χ0v) is 15.7. The van der Waals surface area contributed by atoms with E-state index in [0.29, 0.717) is 6.54 Å². The van der Waals surface area contributed by atoms with E-state index in [1.807, 2.05) is 18.2 Å². The van der Waals surface area contributed by atoms with Crippen LogP contribution in [0.3, 0.4) is 0 Å². The summed E-state index contributed by atoms with van der Waals surface area (Å²) in [6, 6.07) is 12.2. The molecule has 0 fully saturated rings. The Morgan fingerprint density at radius 3 is 2.70 bits per heavy atom. The molecule has 1 heterocycles. The van der Waals surface area contributed by atoms with E-state index in [9.17, 15) is 4.79 Å². The van der Waals surface area contributed by atoms with Crippen LogP contribution in [0.4, 0.5) is 0 Å². The van der Waals surface area contributed by atoms with Gasteiger partial charge < -0.3 is 20.2 Å². The molecule has 0 atom stereocenters. The predicted octanol–water partition coefficient (Wildman–Crippen LogP) is 3.07. The topological polar surface area (TPSA) is 89.8 Å². The van der Waals surface area contributed by atoms with Gasteiger partial charge >= 0.3 is 5.97 Å². The maximum atomic E-state index is 10.7. The van der Waals surface area contributed by atoms with Crippen molar-refractivity contribution in [2.24, 2.45) is 10.9 Å². The summed E-state index contributed by atoms with van der Waals surface area (Å²) in [7, 11) is 0. The Labute approximate surface area is 157 Å². The highest BCUT2D eigenvalue weighted by atomic mass is 16.6. The van der Waals surface area contributed by atoms with Gasteiger partial charge in [0.15, 0.2) is 0 Å². The fourth-order valence-electron chi connectivity index (χ4n) is 3.34. The van der Waals surface area contributed by atoms with Crippen molar-refractivity contribution < 1.29 is 14.7 Å². The van der Waals surface area contributed by atoms with Gasteiger partial charge in [0.1, 0.15) is 12.0 Å². The summed E-state index contributed by atoms with van der Waals surface area (Å²) in [4.78, 5) is 16.1. The molecule has 0 saturated carbocycles. The van der Waals surface area contributed by atoms with Crippen LogP contribution in [0, 0.1) is 13.8 Å². The zero-order chi connectivity index (χ0) is 19.4. The molecule has 0 spiro atoms. The van der Waals surface area contributed by atoms with Crippen LogP contribution >= 0.6 is 0 Å². The third kappa shape index (κ3) is 3.80. The molecule has 3 rings (SSSR count). The van der Waals surface area contributed by atoms with E-state index < -0.39 is 5.97 Å². The molecule has 0 radical (unpaired) electrons. The molecule has 0 unspecified atom stereocenters. The van der Waals surface area contributed by atoms with Gasteiger partial charge in [-0.05, 0) is 44.0 Å². The first kappa shape index (κ1) is 18.9. The highest BCUT2D eigenvalue weighted by Gasteiger charge is 2.13. The summed E-state index contributed by atoms with van der Waals surface area (Å²) < 4.78 is 2.30. The number of aryl methyl sites for hydroxylation is 3. The number of carboxylic acid groups (broad SMARTS) is 1. The number of aromatic nitrogens is 1. The van der Waals surface area contributed by atoms with E-state index in [0.717, 1.165) is 40.1 Å². The Kier molecular flexibility index (Phi) is 5.76. The van der Waals surface area contributed by atoms with Crippen LogP contribution in [0.25, 0.3) is 21.8 Å². The zero-order valence-electron chi connectivity index (χ0n) is 15.7. The van der Waals surface area contributed by atoms with Crippen molar-refractivity contribution in [1.82, 2.24) is 4.57 Å². The highest BCUT2D eigenvalue weighted by Crippen LogP contribution is 2.24. The van der Waals surface area contributed by atoms with E-state index in [4.69, 9.17) is 15.7 Å². The second-order valence-corrected chi connectivity index (χ2v) is 6.63. The number of nitrogens with zero attached hydrogens (tertiary/aromatic N) is 2. The fraction of sp³-hybridized carbons (Fsp3) is 0.333. The second-order valence-electron chi connectivity index (χ2n) is 6.63. The van der Waals surface area contributed by atoms with Crippen LogP contribution in [0.15, 0.2) is 41.6 Å². The minimum Gasteiger partial charge on any atom is -0.481 e. The molecule has 6 nitrogen and oxygen atoms in total. The SMILES string of the molecule is Cc1ccc2c(=NOCCC(=O)O)c3ccccc3n(CCCN)c2c1C. The van der Waals surface area contributed by atoms with Gasteiger partial charge in [0, 0.05) is 17.3 Å². The number of hydrogen-bond donors (Lipinski definition) is 2.